The molecule has 0 rings (SSSR count). The lowest BCUT2D eigenvalue weighted by Crippen LogP contribution is -2.33. The van der Waals surface area contributed by atoms with Crippen LogP contribution < -0.4 is 5.73 Å². The van der Waals surface area contributed by atoms with E-state index in [1.54, 1.807) is 0 Å². The maximum Gasteiger partial charge on any atom is 0.306 e. The zero-order valence-corrected chi connectivity index (χ0v) is 12.7. The van der Waals surface area contributed by atoms with Crippen LogP contribution in [-0.4, -0.2) is 30.3 Å². The summed E-state index contributed by atoms with van der Waals surface area (Å²) in [7, 11) is 0. The third kappa shape index (κ3) is 11.9. The van der Waals surface area contributed by atoms with Gasteiger partial charge in [-0.05, 0) is 47.0 Å². The minimum Gasteiger partial charge on any atom is -0.460 e. The Morgan fingerprint density at radius 2 is 1.78 bits per heavy atom. The topological polar surface area (TPSA) is 61.5 Å². The lowest BCUT2D eigenvalue weighted by atomic mass is 10.0. The van der Waals surface area contributed by atoms with Crippen LogP contribution in [0, 0.1) is 5.92 Å². The van der Waals surface area contributed by atoms with Gasteiger partial charge >= 0.3 is 5.97 Å². The summed E-state index contributed by atoms with van der Waals surface area (Å²) in [5.41, 5.74) is 5.23. The maximum absolute atomic E-state index is 11.6. The standard InChI is InChI=1S/C14H29NO3/c1-11(9-12(16)18-13(2,3)4)10-17-8-7-14(5,6)15/h11H,7-10,15H2,1-6H3/t11-/m1/s1. The fraction of sp³-hybridized carbons (Fsp3) is 0.929. The van der Waals surface area contributed by atoms with Gasteiger partial charge in [0.1, 0.15) is 5.60 Å². The molecule has 0 aliphatic rings. The summed E-state index contributed by atoms with van der Waals surface area (Å²) in [4.78, 5) is 11.6. The molecule has 0 aromatic rings. The summed E-state index contributed by atoms with van der Waals surface area (Å²) in [6.45, 7) is 12.7. The molecule has 0 aromatic carbocycles. The van der Waals surface area contributed by atoms with Crippen LogP contribution in [0.15, 0.2) is 0 Å². The molecule has 4 nitrogen and oxygen atoms in total. The van der Waals surface area contributed by atoms with E-state index in [1.165, 1.54) is 0 Å². The Morgan fingerprint density at radius 1 is 1.22 bits per heavy atom. The van der Waals surface area contributed by atoms with Crippen molar-refractivity contribution in [2.45, 2.75) is 65.5 Å². The molecule has 4 heteroatoms. The minimum atomic E-state index is -0.415. The molecule has 0 radical (unpaired) electrons. The Kier molecular flexibility index (Phi) is 6.86. The van der Waals surface area contributed by atoms with E-state index in [4.69, 9.17) is 15.2 Å². The minimum absolute atomic E-state index is 0.167. The average Bonchev–Trinajstić information content (AvgIpc) is 2.07. The highest BCUT2D eigenvalue weighted by Gasteiger charge is 2.18. The lowest BCUT2D eigenvalue weighted by Gasteiger charge is -2.21. The third-order valence-electron chi connectivity index (χ3n) is 2.23. The zero-order chi connectivity index (χ0) is 14.4. The predicted molar refractivity (Wildman–Crippen MR) is 73.3 cm³/mol. The van der Waals surface area contributed by atoms with E-state index >= 15 is 0 Å². The first-order valence-electron chi connectivity index (χ1n) is 6.58. The molecule has 18 heavy (non-hydrogen) atoms. The molecule has 0 saturated heterocycles. The summed E-state index contributed by atoms with van der Waals surface area (Å²) >= 11 is 0. The van der Waals surface area contributed by atoms with Gasteiger partial charge in [-0.15, -0.1) is 0 Å². The fourth-order valence-corrected chi connectivity index (χ4v) is 1.35. The average molecular weight is 259 g/mol. The molecular formula is C14H29NO3. The van der Waals surface area contributed by atoms with E-state index < -0.39 is 5.60 Å². The van der Waals surface area contributed by atoms with Crippen molar-refractivity contribution in [3.63, 3.8) is 0 Å². The van der Waals surface area contributed by atoms with Crippen LogP contribution in [0.3, 0.4) is 0 Å². The fourth-order valence-electron chi connectivity index (χ4n) is 1.35. The Morgan fingerprint density at radius 3 is 2.22 bits per heavy atom. The van der Waals surface area contributed by atoms with Crippen molar-refractivity contribution in [2.24, 2.45) is 11.7 Å². The number of esters is 1. The zero-order valence-electron chi connectivity index (χ0n) is 12.7. The summed E-state index contributed by atoms with van der Waals surface area (Å²) < 4.78 is 10.8. The van der Waals surface area contributed by atoms with Crippen molar-refractivity contribution >= 4 is 5.97 Å². The van der Waals surface area contributed by atoms with Crippen molar-refractivity contribution in [3.05, 3.63) is 0 Å². The summed E-state index contributed by atoms with van der Waals surface area (Å²) in [6, 6.07) is 0. The van der Waals surface area contributed by atoms with Gasteiger partial charge in [0.2, 0.25) is 0 Å². The van der Waals surface area contributed by atoms with Crippen LogP contribution in [0.5, 0.6) is 0 Å². The quantitative estimate of drug-likeness (QED) is 0.563. The molecule has 0 aliphatic carbocycles. The van der Waals surface area contributed by atoms with E-state index in [-0.39, 0.29) is 17.4 Å². The van der Waals surface area contributed by atoms with Gasteiger partial charge in [0.15, 0.2) is 0 Å². The van der Waals surface area contributed by atoms with E-state index in [0.717, 1.165) is 6.42 Å². The molecule has 0 heterocycles. The van der Waals surface area contributed by atoms with Crippen molar-refractivity contribution in [2.75, 3.05) is 13.2 Å². The third-order valence-corrected chi connectivity index (χ3v) is 2.23. The first-order valence-corrected chi connectivity index (χ1v) is 6.58. The van der Waals surface area contributed by atoms with E-state index in [9.17, 15) is 4.79 Å². The molecule has 0 fully saturated rings. The molecule has 0 aliphatic heterocycles. The molecule has 108 valence electrons. The van der Waals surface area contributed by atoms with Crippen molar-refractivity contribution in [3.8, 4) is 0 Å². The molecule has 0 amide bonds. The second kappa shape index (κ2) is 7.10. The molecule has 0 saturated carbocycles. The number of carbonyl (C=O) groups excluding carboxylic acids is 1. The number of nitrogens with two attached hydrogens (primary N) is 1. The summed E-state index contributed by atoms with van der Waals surface area (Å²) in [6.07, 6.45) is 1.20. The van der Waals surface area contributed by atoms with Gasteiger partial charge in [0, 0.05) is 18.8 Å². The lowest BCUT2D eigenvalue weighted by molar-refractivity contribution is -0.156. The number of ether oxygens (including phenoxy) is 2. The van der Waals surface area contributed by atoms with Crippen LogP contribution in [0.25, 0.3) is 0 Å². The largest absolute Gasteiger partial charge is 0.460 e. The normalized spacial score (nSPS) is 14.4. The first-order chi connectivity index (χ1) is 7.99. The summed E-state index contributed by atoms with van der Waals surface area (Å²) in [5, 5.41) is 0. The number of hydrogen-bond donors (Lipinski definition) is 1. The highest BCUT2D eigenvalue weighted by atomic mass is 16.6. The Labute approximate surface area is 111 Å². The monoisotopic (exact) mass is 259 g/mol. The molecule has 0 aromatic heterocycles. The first kappa shape index (κ1) is 17.4. The highest BCUT2D eigenvalue weighted by Crippen LogP contribution is 2.12. The Balaban J connectivity index is 3.72. The molecule has 0 unspecified atom stereocenters. The van der Waals surface area contributed by atoms with Crippen LogP contribution >= 0.6 is 0 Å². The smallest absolute Gasteiger partial charge is 0.306 e. The van der Waals surface area contributed by atoms with Gasteiger partial charge in [0.25, 0.3) is 0 Å². The predicted octanol–water partition coefficient (Wildman–Crippen LogP) is 2.50. The van der Waals surface area contributed by atoms with Gasteiger partial charge in [-0.2, -0.15) is 0 Å². The molecule has 0 bridgehead atoms. The van der Waals surface area contributed by atoms with Gasteiger partial charge in [-0.1, -0.05) is 6.92 Å². The maximum atomic E-state index is 11.6. The van der Waals surface area contributed by atoms with Crippen LogP contribution in [0.4, 0.5) is 0 Å². The summed E-state index contributed by atoms with van der Waals surface area (Å²) in [5.74, 6) is -0.00140. The van der Waals surface area contributed by atoms with E-state index in [1.807, 2.05) is 41.5 Å². The van der Waals surface area contributed by atoms with E-state index in [2.05, 4.69) is 0 Å². The van der Waals surface area contributed by atoms with Crippen LogP contribution in [0.2, 0.25) is 0 Å². The second-order valence-corrected chi connectivity index (χ2v) is 6.71. The molecule has 0 spiro atoms. The number of carbonyl (C=O) groups is 1. The van der Waals surface area contributed by atoms with Crippen LogP contribution in [-0.2, 0) is 14.3 Å². The number of hydrogen-bond acceptors (Lipinski definition) is 4. The van der Waals surface area contributed by atoms with Crippen LogP contribution in [0.1, 0.15) is 54.4 Å². The highest BCUT2D eigenvalue weighted by molar-refractivity contribution is 5.70. The van der Waals surface area contributed by atoms with Gasteiger partial charge in [-0.25, -0.2) is 0 Å². The van der Waals surface area contributed by atoms with E-state index in [0.29, 0.717) is 19.6 Å². The molecular weight excluding hydrogens is 230 g/mol. The Hall–Kier alpha value is -0.610. The second-order valence-electron chi connectivity index (χ2n) is 6.71. The van der Waals surface area contributed by atoms with Gasteiger partial charge in [0.05, 0.1) is 6.42 Å². The SMILES string of the molecule is C[C@@H](COCCC(C)(C)N)CC(=O)OC(C)(C)C. The molecule has 2 N–H and O–H groups in total. The van der Waals surface area contributed by atoms with Crippen molar-refractivity contribution < 1.29 is 14.3 Å². The molecule has 1 atom stereocenters. The van der Waals surface area contributed by atoms with Gasteiger partial charge < -0.3 is 15.2 Å². The van der Waals surface area contributed by atoms with Crippen molar-refractivity contribution in [1.29, 1.82) is 0 Å². The van der Waals surface area contributed by atoms with Gasteiger partial charge in [-0.3, -0.25) is 4.79 Å². The van der Waals surface area contributed by atoms with Crippen molar-refractivity contribution in [1.82, 2.24) is 0 Å². The number of rotatable bonds is 7. The Bertz CT molecular complexity index is 251.